The molecule has 0 aromatic heterocycles. The van der Waals surface area contributed by atoms with Gasteiger partial charge in [-0.25, -0.2) is 0 Å². The predicted molar refractivity (Wildman–Crippen MR) is 75.7 cm³/mol. The number of rotatable bonds is 6. The zero-order valence-electron chi connectivity index (χ0n) is 10.7. The summed E-state index contributed by atoms with van der Waals surface area (Å²) < 4.78 is 0. The molecule has 100 valence electrons. The molecule has 4 N–H and O–H groups in total. The van der Waals surface area contributed by atoms with Gasteiger partial charge in [-0.15, -0.1) is 0 Å². The van der Waals surface area contributed by atoms with Crippen molar-refractivity contribution in [2.75, 3.05) is 12.9 Å². The van der Waals surface area contributed by atoms with Crippen molar-refractivity contribution in [3.05, 3.63) is 35.4 Å². The maximum absolute atomic E-state index is 12.0. The third kappa shape index (κ3) is 4.01. The second kappa shape index (κ2) is 7.41. The van der Waals surface area contributed by atoms with E-state index < -0.39 is 0 Å². The molecule has 0 radical (unpaired) electrons. The van der Waals surface area contributed by atoms with Crippen LogP contribution in [0.3, 0.4) is 0 Å². The molecule has 18 heavy (non-hydrogen) atoms. The molecule has 0 aliphatic carbocycles. The largest absolute Gasteiger partial charge is 0.395 e. The number of carbonyl (C=O) groups excluding carboxylic acids is 1. The monoisotopic (exact) mass is 268 g/mol. The number of benzene rings is 1. The maximum atomic E-state index is 12.0. The fourth-order valence-electron chi connectivity index (χ4n) is 1.61. The molecule has 1 aromatic carbocycles. The standard InChI is InChI=1S/C13H20N2O2S/c1-9(12(8-16)18-2)15-13(17)11-5-3-10(7-14)4-6-11/h3-6,9,12,16H,7-8,14H2,1-2H3,(H,15,17). The van der Waals surface area contributed by atoms with Gasteiger partial charge >= 0.3 is 0 Å². The lowest BCUT2D eigenvalue weighted by Crippen LogP contribution is -2.41. The van der Waals surface area contributed by atoms with E-state index in [-0.39, 0.29) is 23.8 Å². The normalized spacial score (nSPS) is 14.0. The molecule has 0 bridgehead atoms. The average Bonchev–Trinajstić information content (AvgIpc) is 2.40. The van der Waals surface area contributed by atoms with Gasteiger partial charge in [0.2, 0.25) is 0 Å². The molecular formula is C13H20N2O2S. The van der Waals surface area contributed by atoms with Crippen molar-refractivity contribution in [1.82, 2.24) is 5.32 Å². The van der Waals surface area contributed by atoms with Crippen LogP contribution in [0.25, 0.3) is 0 Å². The van der Waals surface area contributed by atoms with Gasteiger partial charge in [0.15, 0.2) is 0 Å². The van der Waals surface area contributed by atoms with Crippen LogP contribution >= 0.6 is 11.8 Å². The molecule has 0 aliphatic rings. The first-order valence-electron chi connectivity index (χ1n) is 5.86. The Labute approximate surface area is 112 Å². The number of nitrogens with two attached hydrogens (primary N) is 1. The highest BCUT2D eigenvalue weighted by Gasteiger charge is 2.17. The van der Waals surface area contributed by atoms with Crippen LogP contribution in [0.5, 0.6) is 0 Å². The average molecular weight is 268 g/mol. The number of thioether (sulfide) groups is 1. The fraction of sp³-hybridized carbons (Fsp3) is 0.462. The van der Waals surface area contributed by atoms with Crippen LogP contribution in [0.2, 0.25) is 0 Å². The topological polar surface area (TPSA) is 75.3 Å². The van der Waals surface area contributed by atoms with Crippen molar-refractivity contribution in [3.8, 4) is 0 Å². The Morgan fingerprint density at radius 3 is 2.50 bits per heavy atom. The quantitative estimate of drug-likeness (QED) is 0.719. The van der Waals surface area contributed by atoms with Crippen LogP contribution in [0.4, 0.5) is 0 Å². The minimum absolute atomic E-state index is 0.0114. The van der Waals surface area contributed by atoms with Gasteiger partial charge in [-0.05, 0) is 30.9 Å². The minimum Gasteiger partial charge on any atom is -0.395 e. The number of hydrogen-bond acceptors (Lipinski definition) is 4. The zero-order chi connectivity index (χ0) is 13.5. The van der Waals surface area contributed by atoms with Gasteiger partial charge in [0.25, 0.3) is 5.91 Å². The number of aliphatic hydroxyl groups excluding tert-OH is 1. The number of hydrogen-bond donors (Lipinski definition) is 3. The molecule has 4 nitrogen and oxygen atoms in total. The highest BCUT2D eigenvalue weighted by molar-refractivity contribution is 7.99. The summed E-state index contributed by atoms with van der Waals surface area (Å²) in [5, 5.41) is 12.1. The third-order valence-electron chi connectivity index (χ3n) is 2.85. The first-order chi connectivity index (χ1) is 8.62. The fourth-order valence-corrected chi connectivity index (χ4v) is 2.24. The Balaban J connectivity index is 2.64. The molecular weight excluding hydrogens is 248 g/mol. The number of nitrogens with one attached hydrogen (secondary N) is 1. The van der Waals surface area contributed by atoms with E-state index in [0.29, 0.717) is 12.1 Å². The number of amides is 1. The van der Waals surface area contributed by atoms with E-state index in [4.69, 9.17) is 10.8 Å². The summed E-state index contributed by atoms with van der Waals surface area (Å²) >= 11 is 1.54. The van der Waals surface area contributed by atoms with Crippen LogP contribution in [0, 0.1) is 0 Å². The number of carbonyl (C=O) groups is 1. The van der Waals surface area contributed by atoms with E-state index in [0.717, 1.165) is 5.56 Å². The van der Waals surface area contributed by atoms with Crippen LogP contribution in [0.15, 0.2) is 24.3 Å². The summed E-state index contributed by atoms with van der Waals surface area (Å²) in [6.07, 6.45) is 1.92. The Morgan fingerprint density at radius 2 is 2.06 bits per heavy atom. The van der Waals surface area contributed by atoms with E-state index in [9.17, 15) is 4.79 Å². The molecule has 0 saturated carbocycles. The highest BCUT2D eigenvalue weighted by atomic mass is 32.2. The van der Waals surface area contributed by atoms with Crippen molar-refractivity contribution in [1.29, 1.82) is 0 Å². The second-order valence-electron chi connectivity index (χ2n) is 4.12. The van der Waals surface area contributed by atoms with Gasteiger partial charge in [-0.2, -0.15) is 11.8 Å². The predicted octanol–water partition coefficient (Wildman–Crippen LogP) is 0.988. The lowest BCUT2D eigenvalue weighted by Gasteiger charge is -2.21. The van der Waals surface area contributed by atoms with Crippen molar-refractivity contribution >= 4 is 17.7 Å². The zero-order valence-corrected chi connectivity index (χ0v) is 11.5. The number of aliphatic hydroxyl groups is 1. The summed E-state index contributed by atoms with van der Waals surface area (Å²) in [6, 6.07) is 7.14. The van der Waals surface area contributed by atoms with Gasteiger partial charge in [0.05, 0.1) is 6.61 Å². The molecule has 0 spiro atoms. The van der Waals surface area contributed by atoms with E-state index in [1.54, 1.807) is 23.9 Å². The molecule has 2 unspecified atom stereocenters. The lowest BCUT2D eigenvalue weighted by molar-refractivity contribution is 0.0936. The molecule has 0 saturated heterocycles. The smallest absolute Gasteiger partial charge is 0.251 e. The molecule has 2 atom stereocenters. The maximum Gasteiger partial charge on any atom is 0.251 e. The van der Waals surface area contributed by atoms with Crippen molar-refractivity contribution < 1.29 is 9.90 Å². The molecule has 1 aromatic rings. The second-order valence-corrected chi connectivity index (χ2v) is 5.20. The summed E-state index contributed by atoms with van der Waals surface area (Å²) in [4.78, 5) is 12.0. The van der Waals surface area contributed by atoms with Crippen molar-refractivity contribution in [2.24, 2.45) is 5.73 Å². The van der Waals surface area contributed by atoms with E-state index >= 15 is 0 Å². The Bertz CT molecular complexity index is 377. The summed E-state index contributed by atoms with van der Waals surface area (Å²) in [7, 11) is 0. The van der Waals surface area contributed by atoms with Gasteiger partial charge in [0, 0.05) is 23.4 Å². The van der Waals surface area contributed by atoms with E-state index in [1.165, 1.54) is 0 Å². The summed E-state index contributed by atoms with van der Waals surface area (Å²) in [5.41, 5.74) is 7.11. The van der Waals surface area contributed by atoms with Crippen LogP contribution in [-0.2, 0) is 6.54 Å². The van der Waals surface area contributed by atoms with Crippen LogP contribution in [0.1, 0.15) is 22.8 Å². The lowest BCUT2D eigenvalue weighted by atomic mass is 10.1. The minimum atomic E-state index is -0.126. The van der Waals surface area contributed by atoms with Crippen molar-refractivity contribution in [2.45, 2.75) is 24.8 Å². The van der Waals surface area contributed by atoms with Gasteiger partial charge in [-0.1, -0.05) is 12.1 Å². The SMILES string of the molecule is CSC(CO)C(C)NC(=O)c1ccc(CN)cc1. The van der Waals surface area contributed by atoms with Crippen LogP contribution in [-0.4, -0.2) is 35.2 Å². The van der Waals surface area contributed by atoms with E-state index in [2.05, 4.69) is 5.32 Å². The Morgan fingerprint density at radius 1 is 1.44 bits per heavy atom. The molecule has 0 heterocycles. The molecule has 1 rings (SSSR count). The third-order valence-corrected chi connectivity index (χ3v) is 4.01. The summed E-state index contributed by atoms with van der Waals surface area (Å²) in [5.74, 6) is -0.126. The molecule has 0 fully saturated rings. The Kier molecular flexibility index (Phi) is 6.18. The van der Waals surface area contributed by atoms with Crippen molar-refractivity contribution in [3.63, 3.8) is 0 Å². The summed E-state index contributed by atoms with van der Waals surface area (Å²) in [6.45, 7) is 2.41. The van der Waals surface area contributed by atoms with Gasteiger partial charge in [0.1, 0.15) is 0 Å². The molecule has 0 aliphatic heterocycles. The van der Waals surface area contributed by atoms with Crippen LogP contribution < -0.4 is 11.1 Å². The Hall–Kier alpha value is -1.04. The van der Waals surface area contributed by atoms with E-state index in [1.807, 2.05) is 25.3 Å². The first kappa shape index (κ1) is 15.0. The first-order valence-corrected chi connectivity index (χ1v) is 7.14. The highest BCUT2D eigenvalue weighted by Crippen LogP contribution is 2.11. The molecule has 5 heteroatoms. The molecule has 1 amide bonds. The van der Waals surface area contributed by atoms with Gasteiger partial charge < -0.3 is 16.2 Å². The van der Waals surface area contributed by atoms with Gasteiger partial charge in [-0.3, -0.25) is 4.79 Å².